The molecule has 3 heteroatoms. The number of hydrogen-bond donors (Lipinski definition) is 1. The van der Waals surface area contributed by atoms with E-state index in [1.165, 1.54) is 11.3 Å². The van der Waals surface area contributed by atoms with E-state index >= 15 is 0 Å². The highest BCUT2D eigenvalue weighted by Crippen LogP contribution is 2.17. The molecule has 74 valence electrons. The molecule has 0 aliphatic rings. The normalized spacial score (nSPS) is 11.8. The minimum atomic E-state index is -0.214. The first-order valence-corrected chi connectivity index (χ1v) is 5.40. The number of rotatable bonds is 3. The number of carbonyl (C=O) groups excluding carboxylic acids is 1. The van der Waals surface area contributed by atoms with Crippen LogP contribution in [0, 0.1) is 12.3 Å². The minimum absolute atomic E-state index is 0.0673. The lowest BCUT2D eigenvalue weighted by molar-refractivity contribution is 0.0951. The van der Waals surface area contributed by atoms with Gasteiger partial charge in [0.15, 0.2) is 0 Å². The number of terminal acetylenes is 1. The summed E-state index contributed by atoms with van der Waals surface area (Å²) in [6.07, 6.45) is 6.05. The van der Waals surface area contributed by atoms with Gasteiger partial charge in [0, 0.05) is 0 Å². The first kappa shape index (κ1) is 10.8. The monoisotopic (exact) mass is 207 g/mol. The topological polar surface area (TPSA) is 29.1 Å². The highest BCUT2D eigenvalue weighted by Gasteiger charge is 2.12. The summed E-state index contributed by atoms with van der Waals surface area (Å²) in [6.45, 7) is 3.82. The fourth-order valence-corrected chi connectivity index (χ4v) is 2.02. The minimum Gasteiger partial charge on any atom is -0.338 e. The van der Waals surface area contributed by atoms with Crippen molar-refractivity contribution >= 4 is 17.2 Å². The lowest BCUT2D eigenvalue weighted by Crippen LogP contribution is -2.31. The summed E-state index contributed by atoms with van der Waals surface area (Å²) < 4.78 is 0. The Bertz CT molecular complexity index is 362. The molecule has 1 rings (SSSR count). The molecule has 0 radical (unpaired) electrons. The quantitative estimate of drug-likeness (QED) is 0.755. The molecule has 0 spiro atoms. The second-order valence-electron chi connectivity index (χ2n) is 2.99. The molecule has 0 aliphatic heterocycles. The van der Waals surface area contributed by atoms with Gasteiger partial charge < -0.3 is 5.32 Å². The summed E-state index contributed by atoms with van der Waals surface area (Å²) in [6, 6.07) is 1.76. The molecule has 1 N–H and O–H groups in total. The van der Waals surface area contributed by atoms with Gasteiger partial charge in [-0.15, -0.1) is 17.8 Å². The SMILES string of the molecule is C#CC(C)NC(=O)c1sccc1CC. The van der Waals surface area contributed by atoms with Crippen LogP contribution in [-0.4, -0.2) is 11.9 Å². The van der Waals surface area contributed by atoms with Gasteiger partial charge in [-0.2, -0.15) is 0 Å². The van der Waals surface area contributed by atoms with E-state index in [4.69, 9.17) is 6.42 Å². The summed E-state index contributed by atoms with van der Waals surface area (Å²) in [5.41, 5.74) is 1.08. The molecule has 1 aromatic rings. The fourth-order valence-electron chi connectivity index (χ4n) is 1.12. The van der Waals surface area contributed by atoms with Crippen LogP contribution in [0.2, 0.25) is 0 Å². The zero-order valence-corrected chi connectivity index (χ0v) is 9.15. The van der Waals surface area contributed by atoms with Crippen LogP contribution in [0.4, 0.5) is 0 Å². The smallest absolute Gasteiger partial charge is 0.262 e. The summed E-state index contributed by atoms with van der Waals surface area (Å²) >= 11 is 1.45. The molecule has 1 amide bonds. The predicted octanol–water partition coefficient (Wildman–Crippen LogP) is 2.06. The standard InChI is InChI=1S/C11H13NOS/c1-4-8(3)12-11(13)10-9(5-2)6-7-14-10/h1,6-8H,5H2,2-3H3,(H,12,13). The summed E-state index contributed by atoms with van der Waals surface area (Å²) in [5.74, 6) is 2.40. The van der Waals surface area contributed by atoms with Gasteiger partial charge in [0.1, 0.15) is 0 Å². The Hall–Kier alpha value is -1.27. The largest absolute Gasteiger partial charge is 0.338 e. The predicted molar refractivity (Wildman–Crippen MR) is 59.5 cm³/mol. The van der Waals surface area contributed by atoms with Crippen molar-refractivity contribution in [2.24, 2.45) is 0 Å². The van der Waals surface area contributed by atoms with Crippen molar-refractivity contribution in [3.05, 3.63) is 21.9 Å². The van der Waals surface area contributed by atoms with Gasteiger partial charge in [0.05, 0.1) is 10.9 Å². The van der Waals surface area contributed by atoms with E-state index in [0.29, 0.717) is 0 Å². The zero-order chi connectivity index (χ0) is 10.6. The Morgan fingerprint density at radius 3 is 3.07 bits per heavy atom. The van der Waals surface area contributed by atoms with Crippen LogP contribution in [0.1, 0.15) is 29.1 Å². The average Bonchev–Trinajstić information content (AvgIpc) is 2.65. The molecule has 0 saturated heterocycles. The van der Waals surface area contributed by atoms with Crippen LogP contribution >= 0.6 is 11.3 Å². The number of carbonyl (C=O) groups is 1. The van der Waals surface area contributed by atoms with Gasteiger partial charge >= 0.3 is 0 Å². The van der Waals surface area contributed by atoms with Crippen molar-refractivity contribution in [2.45, 2.75) is 26.3 Å². The number of aryl methyl sites for hydroxylation is 1. The van der Waals surface area contributed by atoms with Gasteiger partial charge in [-0.05, 0) is 30.4 Å². The van der Waals surface area contributed by atoms with Gasteiger partial charge in [0.25, 0.3) is 5.91 Å². The van der Waals surface area contributed by atoms with Crippen LogP contribution < -0.4 is 5.32 Å². The van der Waals surface area contributed by atoms with E-state index in [0.717, 1.165) is 16.9 Å². The van der Waals surface area contributed by atoms with Gasteiger partial charge in [0.2, 0.25) is 0 Å². The Kier molecular flexibility index (Phi) is 3.73. The van der Waals surface area contributed by atoms with Crippen molar-refractivity contribution in [3.8, 4) is 12.3 Å². The first-order chi connectivity index (χ1) is 6.69. The van der Waals surface area contributed by atoms with E-state index in [1.807, 2.05) is 18.4 Å². The van der Waals surface area contributed by atoms with Crippen molar-refractivity contribution in [3.63, 3.8) is 0 Å². The molecule has 1 heterocycles. The van der Waals surface area contributed by atoms with Crippen LogP contribution in [0.15, 0.2) is 11.4 Å². The third-order valence-corrected chi connectivity index (χ3v) is 2.89. The van der Waals surface area contributed by atoms with Crippen LogP contribution in [0.5, 0.6) is 0 Å². The number of hydrogen-bond acceptors (Lipinski definition) is 2. The molecule has 2 nitrogen and oxygen atoms in total. The fraction of sp³-hybridized carbons (Fsp3) is 0.364. The molecular formula is C11H13NOS. The van der Waals surface area contributed by atoms with Gasteiger partial charge in [-0.1, -0.05) is 12.8 Å². The molecule has 0 fully saturated rings. The van der Waals surface area contributed by atoms with Crippen LogP contribution in [-0.2, 0) is 6.42 Å². The maximum Gasteiger partial charge on any atom is 0.262 e. The maximum atomic E-state index is 11.7. The van der Waals surface area contributed by atoms with E-state index in [9.17, 15) is 4.79 Å². The summed E-state index contributed by atoms with van der Waals surface area (Å²) in [4.78, 5) is 12.4. The summed E-state index contributed by atoms with van der Waals surface area (Å²) in [5, 5.41) is 4.67. The number of thiophene rings is 1. The van der Waals surface area contributed by atoms with Gasteiger partial charge in [-0.25, -0.2) is 0 Å². The van der Waals surface area contributed by atoms with E-state index in [2.05, 4.69) is 11.2 Å². The zero-order valence-electron chi connectivity index (χ0n) is 8.33. The Labute approximate surface area is 88.3 Å². The van der Waals surface area contributed by atoms with Gasteiger partial charge in [-0.3, -0.25) is 4.79 Å². The molecule has 0 aromatic carbocycles. The summed E-state index contributed by atoms with van der Waals surface area (Å²) in [7, 11) is 0. The highest BCUT2D eigenvalue weighted by molar-refractivity contribution is 7.12. The molecule has 14 heavy (non-hydrogen) atoms. The third kappa shape index (κ3) is 2.36. The molecule has 1 unspecified atom stereocenters. The van der Waals surface area contributed by atoms with E-state index in [-0.39, 0.29) is 11.9 Å². The lowest BCUT2D eigenvalue weighted by Gasteiger charge is -2.07. The molecule has 1 aromatic heterocycles. The highest BCUT2D eigenvalue weighted by atomic mass is 32.1. The Morgan fingerprint density at radius 1 is 1.79 bits per heavy atom. The average molecular weight is 207 g/mol. The first-order valence-electron chi connectivity index (χ1n) is 4.52. The molecule has 1 atom stereocenters. The van der Waals surface area contributed by atoms with Crippen molar-refractivity contribution < 1.29 is 4.79 Å². The number of amides is 1. The molecule has 0 saturated carbocycles. The Morgan fingerprint density at radius 2 is 2.50 bits per heavy atom. The molecule has 0 aliphatic carbocycles. The second-order valence-corrected chi connectivity index (χ2v) is 3.91. The molecular weight excluding hydrogens is 194 g/mol. The third-order valence-electron chi connectivity index (χ3n) is 1.93. The van der Waals surface area contributed by atoms with E-state index in [1.54, 1.807) is 6.92 Å². The van der Waals surface area contributed by atoms with E-state index < -0.39 is 0 Å². The van der Waals surface area contributed by atoms with Crippen molar-refractivity contribution in [1.29, 1.82) is 0 Å². The van der Waals surface area contributed by atoms with Crippen molar-refractivity contribution in [1.82, 2.24) is 5.32 Å². The number of nitrogens with one attached hydrogen (secondary N) is 1. The van der Waals surface area contributed by atoms with Crippen molar-refractivity contribution in [2.75, 3.05) is 0 Å². The Balaban J connectivity index is 2.75. The lowest BCUT2D eigenvalue weighted by atomic mass is 10.2. The molecule has 0 bridgehead atoms. The second kappa shape index (κ2) is 4.83. The van der Waals surface area contributed by atoms with Crippen LogP contribution in [0.25, 0.3) is 0 Å². The van der Waals surface area contributed by atoms with Crippen LogP contribution in [0.3, 0.4) is 0 Å². The maximum absolute atomic E-state index is 11.7.